The standard InChI is InChI=1S/C14H14N2O3/c1-3-19-11-6-4-10(5-7-11)13(17)12-14(18-2)16-9-8-15-12/h4-9H,3H2,1-2H3. The number of carbonyl (C=O) groups excluding carboxylic acids is 1. The Morgan fingerprint density at radius 1 is 1.16 bits per heavy atom. The van der Waals surface area contributed by atoms with Gasteiger partial charge >= 0.3 is 0 Å². The van der Waals surface area contributed by atoms with E-state index in [-0.39, 0.29) is 17.4 Å². The van der Waals surface area contributed by atoms with Gasteiger partial charge in [0.1, 0.15) is 5.75 Å². The molecule has 2 rings (SSSR count). The molecule has 5 heteroatoms. The van der Waals surface area contributed by atoms with Gasteiger partial charge in [-0.2, -0.15) is 0 Å². The molecule has 0 amide bonds. The van der Waals surface area contributed by atoms with Crippen molar-refractivity contribution >= 4 is 5.78 Å². The molecule has 0 N–H and O–H groups in total. The topological polar surface area (TPSA) is 61.3 Å². The molecule has 1 aromatic heterocycles. The number of rotatable bonds is 5. The number of methoxy groups -OCH3 is 1. The zero-order chi connectivity index (χ0) is 13.7. The molecule has 1 heterocycles. The highest BCUT2D eigenvalue weighted by atomic mass is 16.5. The first kappa shape index (κ1) is 13.0. The summed E-state index contributed by atoms with van der Waals surface area (Å²) in [6.07, 6.45) is 2.94. The molecule has 0 saturated heterocycles. The molecule has 1 aromatic carbocycles. The van der Waals surface area contributed by atoms with Crippen molar-refractivity contribution in [3.8, 4) is 11.6 Å². The average Bonchev–Trinajstić information content (AvgIpc) is 2.47. The largest absolute Gasteiger partial charge is 0.494 e. The SMILES string of the molecule is CCOc1ccc(C(=O)c2nccnc2OC)cc1. The Morgan fingerprint density at radius 3 is 2.47 bits per heavy atom. The molecule has 5 nitrogen and oxygen atoms in total. The highest BCUT2D eigenvalue weighted by Crippen LogP contribution is 2.18. The maximum Gasteiger partial charge on any atom is 0.243 e. The van der Waals surface area contributed by atoms with E-state index in [0.29, 0.717) is 12.2 Å². The fraction of sp³-hybridized carbons (Fsp3) is 0.214. The number of ketones is 1. The molecular formula is C14H14N2O3. The number of aromatic nitrogens is 2. The third-order valence-corrected chi connectivity index (χ3v) is 2.50. The molecule has 0 bridgehead atoms. The number of nitrogens with zero attached hydrogens (tertiary/aromatic N) is 2. The number of carbonyl (C=O) groups is 1. The molecule has 0 aliphatic carbocycles. The number of hydrogen-bond donors (Lipinski definition) is 0. The monoisotopic (exact) mass is 258 g/mol. The van der Waals surface area contributed by atoms with E-state index >= 15 is 0 Å². The summed E-state index contributed by atoms with van der Waals surface area (Å²) in [4.78, 5) is 20.2. The van der Waals surface area contributed by atoms with Crippen LogP contribution in [-0.2, 0) is 0 Å². The van der Waals surface area contributed by atoms with Crippen LogP contribution >= 0.6 is 0 Å². The van der Waals surface area contributed by atoms with E-state index < -0.39 is 0 Å². The summed E-state index contributed by atoms with van der Waals surface area (Å²) in [5.41, 5.74) is 0.719. The molecule has 2 aromatic rings. The molecule has 0 aliphatic heterocycles. The average molecular weight is 258 g/mol. The van der Waals surface area contributed by atoms with Crippen LogP contribution in [0.2, 0.25) is 0 Å². The van der Waals surface area contributed by atoms with Crippen molar-refractivity contribution in [1.29, 1.82) is 0 Å². The molecule has 0 fully saturated rings. The minimum absolute atomic E-state index is 0.203. The van der Waals surface area contributed by atoms with Gasteiger partial charge in [-0.3, -0.25) is 4.79 Å². The van der Waals surface area contributed by atoms with Gasteiger partial charge in [-0.25, -0.2) is 9.97 Å². The minimum Gasteiger partial charge on any atom is -0.494 e. The van der Waals surface area contributed by atoms with E-state index in [1.165, 1.54) is 19.5 Å². The van der Waals surface area contributed by atoms with Gasteiger partial charge in [0.15, 0.2) is 5.69 Å². The van der Waals surface area contributed by atoms with E-state index in [1.54, 1.807) is 24.3 Å². The van der Waals surface area contributed by atoms with Gasteiger partial charge < -0.3 is 9.47 Å². The Balaban J connectivity index is 2.28. The minimum atomic E-state index is -0.229. The van der Waals surface area contributed by atoms with Gasteiger partial charge in [-0.1, -0.05) is 0 Å². The van der Waals surface area contributed by atoms with Gasteiger partial charge in [0.05, 0.1) is 13.7 Å². The number of ether oxygens (including phenoxy) is 2. The molecule has 0 unspecified atom stereocenters. The lowest BCUT2D eigenvalue weighted by molar-refractivity contribution is 0.103. The smallest absolute Gasteiger partial charge is 0.243 e. The van der Waals surface area contributed by atoms with E-state index in [2.05, 4.69) is 9.97 Å². The zero-order valence-electron chi connectivity index (χ0n) is 10.8. The van der Waals surface area contributed by atoms with Gasteiger partial charge in [-0.05, 0) is 31.2 Å². The van der Waals surface area contributed by atoms with Crippen molar-refractivity contribution < 1.29 is 14.3 Å². The Labute approximate surface area is 111 Å². The van der Waals surface area contributed by atoms with Gasteiger partial charge in [0, 0.05) is 18.0 Å². The summed E-state index contributed by atoms with van der Waals surface area (Å²) in [5, 5.41) is 0. The fourth-order valence-electron chi connectivity index (χ4n) is 1.64. The molecule has 0 radical (unpaired) electrons. The first-order chi connectivity index (χ1) is 9.26. The molecule has 19 heavy (non-hydrogen) atoms. The highest BCUT2D eigenvalue weighted by Gasteiger charge is 2.16. The first-order valence-electron chi connectivity index (χ1n) is 5.88. The molecule has 98 valence electrons. The summed E-state index contributed by atoms with van der Waals surface area (Å²) < 4.78 is 10.4. The van der Waals surface area contributed by atoms with Crippen LogP contribution in [0.5, 0.6) is 11.6 Å². The lowest BCUT2D eigenvalue weighted by Gasteiger charge is -2.06. The van der Waals surface area contributed by atoms with E-state index in [9.17, 15) is 4.79 Å². The predicted molar refractivity (Wildman–Crippen MR) is 69.6 cm³/mol. The van der Waals surface area contributed by atoms with Crippen molar-refractivity contribution in [2.45, 2.75) is 6.92 Å². The van der Waals surface area contributed by atoms with Crippen molar-refractivity contribution in [3.63, 3.8) is 0 Å². The van der Waals surface area contributed by atoms with Crippen LogP contribution in [0.25, 0.3) is 0 Å². The van der Waals surface area contributed by atoms with E-state index in [0.717, 1.165) is 5.75 Å². The second-order valence-corrected chi connectivity index (χ2v) is 3.70. The Kier molecular flexibility index (Phi) is 4.07. The Hall–Kier alpha value is -2.43. The van der Waals surface area contributed by atoms with Crippen molar-refractivity contribution in [2.24, 2.45) is 0 Å². The molecule has 0 aliphatic rings. The first-order valence-corrected chi connectivity index (χ1v) is 5.88. The summed E-state index contributed by atoms with van der Waals surface area (Å²) in [6.45, 7) is 2.49. The second-order valence-electron chi connectivity index (χ2n) is 3.70. The third kappa shape index (κ3) is 2.88. The fourth-order valence-corrected chi connectivity index (χ4v) is 1.64. The van der Waals surface area contributed by atoms with E-state index in [4.69, 9.17) is 9.47 Å². The zero-order valence-corrected chi connectivity index (χ0v) is 10.8. The summed E-state index contributed by atoms with van der Waals surface area (Å²) >= 11 is 0. The van der Waals surface area contributed by atoms with Gasteiger partial charge in [-0.15, -0.1) is 0 Å². The highest BCUT2D eigenvalue weighted by molar-refractivity contribution is 6.09. The Bertz CT molecular complexity index is 567. The number of hydrogen-bond acceptors (Lipinski definition) is 5. The maximum atomic E-state index is 12.3. The second kappa shape index (κ2) is 5.95. The van der Waals surface area contributed by atoms with Crippen LogP contribution in [-0.4, -0.2) is 29.5 Å². The maximum absolute atomic E-state index is 12.3. The quantitative estimate of drug-likeness (QED) is 0.769. The van der Waals surface area contributed by atoms with Gasteiger partial charge in [0.2, 0.25) is 11.7 Å². The Morgan fingerprint density at radius 2 is 1.84 bits per heavy atom. The van der Waals surface area contributed by atoms with Crippen LogP contribution in [0.3, 0.4) is 0 Å². The molecule has 0 saturated carbocycles. The van der Waals surface area contributed by atoms with Crippen LogP contribution in [0.1, 0.15) is 23.0 Å². The molecule has 0 spiro atoms. The van der Waals surface area contributed by atoms with Crippen LogP contribution < -0.4 is 9.47 Å². The van der Waals surface area contributed by atoms with Crippen LogP contribution in [0.4, 0.5) is 0 Å². The third-order valence-electron chi connectivity index (χ3n) is 2.50. The van der Waals surface area contributed by atoms with Crippen molar-refractivity contribution in [2.75, 3.05) is 13.7 Å². The summed E-state index contributed by atoms with van der Waals surface area (Å²) in [6, 6.07) is 6.89. The normalized spacial score (nSPS) is 10.0. The number of benzene rings is 1. The predicted octanol–water partition coefficient (Wildman–Crippen LogP) is 2.11. The van der Waals surface area contributed by atoms with Crippen molar-refractivity contribution in [3.05, 3.63) is 47.9 Å². The van der Waals surface area contributed by atoms with E-state index in [1.807, 2.05) is 6.92 Å². The molecular weight excluding hydrogens is 244 g/mol. The van der Waals surface area contributed by atoms with Crippen LogP contribution in [0, 0.1) is 0 Å². The lowest BCUT2D eigenvalue weighted by Crippen LogP contribution is -2.07. The summed E-state index contributed by atoms with van der Waals surface area (Å²) in [7, 11) is 1.46. The van der Waals surface area contributed by atoms with Crippen molar-refractivity contribution in [1.82, 2.24) is 9.97 Å². The van der Waals surface area contributed by atoms with Crippen LogP contribution in [0.15, 0.2) is 36.7 Å². The van der Waals surface area contributed by atoms with Gasteiger partial charge in [0.25, 0.3) is 0 Å². The summed E-state index contributed by atoms with van der Waals surface area (Å²) in [5.74, 6) is 0.722. The lowest BCUT2D eigenvalue weighted by atomic mass is 10.1. The molecule has 0 atom stereocenters.